The second-order valence-corrected chi connectivity index (χ2v) is 6.21. The van der Waals surface area contributed by atoms with Crippen LogP contribution in [0.2, 0.25) is 0 Å². The van der Waals surface area contributed by atoms with Crippen molar-refractivity contribution in [2.24, 2.45) is 0 Å². The Morgan fingerprint density at radius 3 is 2.76 bits per heavy atom. The lowest BCUT2D eigenvalue weighted by Crippen LogP contribution is -2.21. The van der Waals surface area contributed by atoms with E-state index in [0.717, 1.165) is 28.5 Å². The molecule has 1 unspecified atom stereocenters. The molecule has 4 nitrogen and oxygen atoms in total. The fourth-order valence-corrected chi connectivity index (χ4v) is 3.95. The molecule has 1 aromatic heterocycles. The van der Waals surface area contributed by atoms with Gasteiger partial charge in [0, 0.05) is 10.4 Å². The van der Waals surface area contributed by atoms with Crippen LogP contribution in [0.5, 0.6) is 11.5 Å². The van der Waals surface area contributed by atoms with E-state index >= 15 is 0 Å². The number of methoxy groups -OCH3 is 2. The molecule has 112 valence electrons. The fourth-order valence-electron chi connectivity index (χ4n) is 2.79. The summed E-state index contributed by atoms with van der Waals surface area (Å²) >= 11 is 1.79. The molecule has 1 atom stereocenters. The van der Waals surface area contributed by atoms with Gasteiger partial charge in [-0.3, -0.25) is 0 Å². The highest BCUT2D eigenvalue weighted by molar-refractivity contribution is 7.15. The Hall–Kier alpha value is -1.59. The summed E-state index contributed by atoms with van der Waals surface area (Å²) in [6.07, 6.45) is 3.53. The minimum atomic E-state index is 0.388. The van der Waals surface area contributed by atoms with Gasteiger partial charge in [-0.15, -0.1) is 11.3 Å². The van der Waals surface area contributed by atoms with Gasteiger partial charge >= 0.3 is 0 Å². The molecule has 0 radical (unpaired) electrons. The molecular weight excluding hydrogens is 284 g/mol. The highest BCUT2D eigenvalue weighted by Gasteiger charge is 2.24. The van der Waals surface area contributed by atoms with Crippen LogP contribution >= 0.6 is 11.3 Å². The number of hydrogen-bond donors (Lipinski definition) is 1. The predicted octanol–water partition coefficient (Wildman–Crippen LogP) is 3.42. The van der Waals surface area contributed by atoms with E-state index < -0.39 is 0 Å². The third kappa shape index (κ3) is 2.63. The summed E-state index contributed by atoms with van der Waals surface area (Å²) in [4.78, 5) is 6.27. The minimum absolute atomic E-state index is 0.388. The number of nitrogens with zero attached hydrogens (tertiary/aromatic N) is 1. The topological polar surface area (TPSA) is 43.4 Å². The number of ether oxygens (including phenoxy) is 2. The van der Waals surface area contributed by atoms with E-state index in [-0.39, 0.29) is 0 Å². The number of hydrogen-bond acceptors (Lipinski definition) is 5. The molecule has 1 aliphatic carbocycles. The van der Waals surface area contributed by atoms with Crippen LogP contribution in [0, 0.1) is 0 Å². The Labute approximate surface area is 129 Å². The zero-order valence-corrected chi connectivity index (χ0v) is 13.4. The maximum atomic E-state index is 5.38. The molecule has 0 fully saturated rings. The summed E-state index contributed by atoms with van der Waals surface area (Å²) in [6.45, 7) is 0. The quantitative estimate of drug-likeness (QED) is 0.940. The SMILES string of the molecule is CNC1CCCc2sc(-c3ccc(OC)c(OC)c3)nc21. The molecule has 1 aliphatic rings. The van der Waals surface area contributed by atoms with Crippen molar-refractivity contribution in [1.82, 2.24) is 10.3 Å². The Bertz CT molecular complexity index is 639. The third-order valence-electron chi connectivity index (χ3n) is 3.93. The molecule has 1 N–H and O–H groups in total. The van der Waals surface area contributed by atoms with Gasteiger partial charge in [0.2, 0.25) is 0 Å². The van der Waals surface area contributed by atoms with Crippen LogP contribution in [0.15, 0.2) is 18.2 Å². The van der Waals surface area contributed by atoms with Crippen molar-refractivity contribution < 1.29 is 9.47 Å². The molecule has 0 spiro atoms. The lowest BCUT2D eigenvalue weighted by Gasteiger charge is -2.19. The van der Waals surface area contributed by atoms with Crippen molar-refractivity contribution in [3.05, 3.63) is 28.8 Å². The number of aromatic nitrogens is 1. The first-order chi connectivity index (χ1) is 10.3. The summed E-state index contributed by atoms with van der Waals surface area (Å²) in [6, 6.07) is 6.36. The van der Waals surface area contributed by atoms with Gasteiger partial charge in [-0.1, -0.05) is 0 Å². The first-order valence-electron chi connectivity index (χ1n) is 7.16. The Morgan fingerprint density at radius 2 is 2.05 bits per heavy atom. The fraction of sp³-hybridized carbons (Fsp3) is 0.438. The monoisotopic (exact) mass is 304 g/mol. The number of fused-ring (bicyclic) bond motifs is 1. The molecule has 5 heteroatoms. The average molecular weight is 304 g/mol. The Kier molecular flexibility index (Phi) is 4.12. The minimum Gasteiger partial charge on any atom is -0.493 e. The summed E-state index contributed by atoms with van der Waals surface area (Å²) in [5, 5.41) is 4.42. The summed E-state index contributed by atoms with van der Waals surface area (Å²) in [5.41, 5.74) is 2.31. The smallest absolute Gasteiger partial charge is 0.161 e. The van der Waals surface area contributed by atoms with Crippen LogP contribution in [0.1, 0.15) is 29.5 Å². The van der Waals surface area contributed by atoms with Gasteiger partial charge < -0.3 is 14.8 Å². The zero-order valence-electron chi connectivity index (χ0n) is 12.6. The second-order valence-electron chi connectivity index (χ2n) is 5.13. The Morgan fingerprint density at radius 1 is 1.24 bits per heavy atom. The summed E-state index contributed by atoms with van der Waals surface area (Å²) in [7, 11) is 5.32. The number of thiazole rings is 1. The van der Waals surface area contributed by atoms with Crippen molar-refractivity contribution in [2.75, 3.05) is 21.3 Å². The van der Waals surface area contributed by atoms with E-state index in [2.05, 4.69) is 5.32 Å². The van der Waals surface area contributed by atoms with Crippen molar-refractivity contribution in [2.45, 2.75) is 25.3 Å². The lowest BCUT2D eigenvalue weighted by molar-refractivity contribution is 0.355. The molecule has 1 heterocycles. The van der Waals surface area contributed by atoms with Crippen LogP contribution in [0.4, 0.5) is 0 Å². The standard InChI is InChI=1S/C16H20N2O2S/c1-17-11-5-4-6-14-15(11)18-16(21-14)10-7-8-12(19-2)13(9-10)20-3/h7-9,11,17H,4-6H2,1-3H3. The molecule has 0 bridgehead atoms. The van der Waals surface area contributed by atoms with Crippen LogP contribution in [0.3, 0.4) is 0 Å². The maximum absolute atomic E-state index is 5.38. The van der Waals surface area contributed by atoms with Crippen LogP contribution in [0.25, 0.3) is 10.6 Å². The van der Waals surface area contributed by atoms with Gasteiger partial charge in [0.15, 0.2) is 11.5 Å². The van der Waals surface area contributed by atoms with E-state index in [1.54, 1.807) is 25.6 Å². The van der Waals surface area contributed by atoms with E-state index in [1.165, 1.54) is 23.4 Å². The number of benzene rings is 1. The lowest BCUT2D eigenvalue weighted by atomic mass is 9.98. The molecule has 0 aliphatic heterocycles. The first kappa shape index (κ1) is 14.4. The highest BCUT2D eigenvalue weighted by Crippen LogP contribution is 2.39. The largest absolute Gasteiger partial charge is 0.493 e. The van der Waals surface area contributed by atoms with Crippen LogP contribution < -0.4 is 14.8 Å². The van der Waals surface area contributed by atoms with Crippen LogP contribution in [-0.4, -0.2) is 26.3 Å². The van der Waals surface area contributed by atoms with Gasteiger partial charge in [0.25, 0.3) is 0 Å². The van der Waals surface area contributed by atoms with Gasteiger partial charge in [0.1, 0.15) is 5.01 Å². The van der Waals surface area contributed by atoms with E-state index in [4.69, 9.17) is 14.5 Å². The van der Waals surface area contributed by atoms with E-state index in [1.807, 2.05) is 25.2 Å². The second kappa shape index (κ2) is 6.03. The molecule has 3 rings (SSSR count). The zero-order chi connectivity index (χ0) is 14.8. The molecule has 0 saturated carbocycles. The number of rotatable bonds is 4. The molecule has 2 aromatic rings. The van der Waals surface area contributed by atoms with Crippen molar-refractivity contribution in [3.63, 3.8) is 0 Å². The van der Waals surface area contributed by atoms with Crippen molar-refractivity contribution >= 4 is 11.3 Å². The molecule has 21 heavy (non-hydrogen) atoms. The Balaban J connectivity index is 1.99. The highest BCUT2D eigenvalue weighted by atomic mass is 32.1. The van der Waals surface area contributed by atoms with E-state index in [0.29, 0.717) is 6.04 Å². The summed E-state index contributed by atoms with van der Waals surface area (Å²) in [5.74, 6) is 1.49. The average Bonchev–Trinajstić information content (AvgIpc) is 2.98. The number of nitrogens with one attached hydrogen (secondary N) is 1. The summed E-state index contributed by atoms with van der Waals surface area (Å²) < 4.78 is 10.7. The predicted molar refractivity (Wildman–Crippen MR) is 85.4 cm³/mol. The van der Waals surface area contributed by atoms with Gasteiger partial charge in [-0.2, -0.15) is 0 Å². The normalized spacial score (nSPS) is 17.4. The molecule has 0 amide bonds. The van der Waals surface area contributed by atoms with Crippen molar-refractivity contribution in [1.29, 1.82) is 0 Å². The molecular formula is C16H20N2O2S. The third-order valence-corrected chi connectivity index (χ3v) is 5.11. The van der Waals surface area contributed by atoms with Crippen molar-refractivity contribution in [3.8, 4) is 22.1 Å². The number of aryl methyl sites for hydroxylation is 1. The van der Waals surface area contributed by atoms with Crippen LogP contribution in [-0.2, 0) is 6.42 Å². The maximum Gasteiger partial charge on any atom is 0.161 e. The van der Waals surface area contributed by atoms with Gasteiger partial charge in [-0.05, 0) is 44.5 Å². The molecule has 0 saturated heterocycles. The molecule has 1 aromatic carbocycles. The van der Waals surface area contributed by atoms with Gasteiger partial charge in [-0.25, -0.2) is 4.98 Å². The van der Waals surface area contributed by atoms with Gasteiger partial charge in [0.05, 0.1) is 26.0 Å². The first-order valence-corrected chi connectivity index (χ1v) is 7.97. The van der Waals surface area contributed by atoms with E-state index in [9.17, 15) is 0 Å².